The predicted molar refractivity (Wildman–Crippen MR) is 112 cm³/mol. The molecule has 6 nitrogen and oxygen atoms in total. The van der Waals surface area contributed by atoms with Gasteiger partial charge in [0.2, 0.25) is 5.91 Å². The molecule has 28 heavy (non-hydrogen) atoms. The molecule has 1 saturated heterocycles. The fourth-order valence-electron chi connectivity index (χ4n) is 3.12. The monoisotopic (exact) mass is 399 g/mol. The number of amides is 3. The Hall–Kier alpha value is -2.67. The van der Waals surface area contributed by atoms with E-state index in [4.69, 9.17) is 0 Å². The van der Waals surface area contributed by atoms with Crippen LogP contribution in [0.1, 0.15) is 48.2 Å². The first-order chi connectivity index (χ1) is 13.6. The zero-order chi connectivity index (χ0) is 19.8. The predicted octanol–water partition coefficient (Wildman–Crippen LogP) is 4.76. The van der Waals surface area contributed by atoms with Gasteiger partial charge in [0.1, 0.15) is 0 Å². The van der Waals surface area contributed by atoms with Gasteiger partial charge in [-0.15, -0.1) is 11.3 Å². The molecule has 0 atom stereocenters. The van der Waals surface area contributed by atoms with Gasteiger partial charge in [-0.25, -0.2) is 4.79 Å². The molecule has 1 aliphatic rings. The Morgan fingerprint density at radius 3 is 2.11 bits per heavy atom. The second-order valence-electron chi connectivity index (χ2n) is 6.86. The molecular weight excluding hydrogens is 374 g/mol. The van der Waals surface area contributed by atoms with Crippen molar-refractivity contribution >= 4 is 40.4 Å². The van der Waals surface area contributed by atoms with Crippen molar-refractivity contribution in [1.82, 2.24) is 4.90 Å². The summed E-state index contributed by atoms with van der Waals surface area (Å²) in [5, 5.41) is 7.54. The van der Waals surface area contributed by atoms with Crippen molar-refractivity contribution in [2.45, 2.75) is 38.5 Å². The van der Waals surface area contributed by atoms with E-state index in [0.29, 0.717) is 16.3 Å². The lowest BCUT2D eigenvalue weighted by Crippen LogP contribution is -2.35. The van der Waals surface area contributed by atoms with E-state index in [-0.39, 0.29) is 30.6 Å². The highest BCUT2D eigenvalue weighted by Gasteiger charge is 2.15. The summed E-state index contributed by atoms with van der Waals surface area (Å²) in [6, 6.07) is 10.5. The Morgan fingerprint density at radius 1 is 0.857 bits per heavy atom. The molecule has 1 fully saturated rings. The van der Waals surface area contributed by atoms with Crippen LogP contribution in [0.3, 0.4) is 0 Å². The Bertz CT molecular complexity index is 795. The Kier molecular flexibility index (Phi) is 7.19. The van der Waals surface area contributed by atoms with Crippen molar-refractivity contribution in [3.63, 3.8) is 0 Å². The summed E-state index contributed by atoms with van der Waals surface area (Å²) in [6.45, 7) is 1.59. The van der Waals surface area contributed by atoms with Crippen molar-refractivity contribution in [2.75, 3.05) is 23.7 Å². The molecule has 148 valence electrons. The lowest BCUT2D eigenvalue weighted by Gasteiger charge is -2.20. The molecule has 3 amide bonds. The Labute approximate surface area is 168 Å². The summed E-state index contributed by atoms with van der Waals surface area (Å²) < 4.78 is 0. The van der Waals surface area contributed by atoms with Crippen molar-refractivity contribution in [3.05, 3.63) is 46.7 Å². The normalized spacial score (nSPS) is 14.2. The maximum atomic E-state index is 12.3. The SMILES string of the molecule is O=C(CCC(=O)c1cccs1)Nc1ccc(NC(=O)N2CCCCCC2)cc1. The van der Waals surface area contributed by atoms with Gasteiger partial charge in [-0.3, -0.25) is 9.59 Å². The van der Waals surface area contributed by atoms with Crippen molar-refractivity contribution < 1.29 is 14.4 Å². The Morgan fingerprint density at radius 2 is 1.50 bits per heavy atom. The number of nitrogens with one attached hydrogen (secondary N) is 2. The topological polar surface area (TPSA) is 78.5 Å². The molecule has 3 rings (SSSR count). The quantitative estimate of drug-likeness (QED) is 0.688. The van der Waals surface area contributed by atoms with Gasteiger partial charge in [0.25, 0.3) is 0 Å². The molecule has 0 spiro atoms. The molecule has 2 aromatic rings. The number of likely N-dealkylation sites (tertiary alicyclic amines) is 1. The summed E-state index contributed by atoms with van der Waals surface area (Å²) in [5.41, 5.74) is 1.33. The third-order valence-corrected chi connectivity index (χ3v) is 5.60. The summed E-state index contributed by atoms with van der Waals surface area (Å²) in [7, 11) is 0. The van der Waals surface area contributed by atoms with Gasteiger partial charge in [0, 0.05) is 37.3 Å². The van der Waals surface area contributed by atoms with Crippen LogP contribution in [-0.4, -0.2) is 35.7 Å². The summed E-state index contributed by atoms with van der Waals surface area (Å²) in [4.78, 5) is 38.9. The highest BCUT2D eigenvalue weighted by Crippen LogP contribution is 2.17. The van der Waals surface area contributed by atoms with Gasteiger partial charge in [0.05, 0.1) is 4.88 Å². The number of rotatable bonds is 6. The zero-order valence-electron chi connectivity index (χ0n) is 15.8. The van der Waals surface area contributed by atoms with Crippen molar-refractivity contribution in [2.24, 2.45) is 0 Å². The van der Waals surface area contributed by atoms with Crippen LogP contribution in [0.2, 0.25) is 0 Å². The maximum Gasteiger partial charge on any atom is 0.321 e. The fraction of sp³-hybridized carbons (Fsp3) is 0.381. The van der Waals surface area contributed by atoms with Crippen molar-refractivity contribution in [1.29, 1.82) is 0 Å². The van der Waals surface area contributed by atoms with E-state index in [1.807, 2.05) is 16.3 Å². The second kappa shape index (κ2) is 10.0. The summed E-state index contributed by atoms with van der Waals surface area (Å²) >= 11 is 1.39. The lowest BCUT2D eigenvalue weighted by molar-refractivity contribution is -0.116. The van der Waals surface area contributed by atoms with Crippen LogP contribution in [0.5, 0.6) is 0 Å². The number of carbonyl (C=O) groups is 3. The smallest absolute Gasteiger partial charge is 0.321 e. The zero-order valence-corrected chi connectivity index (χ0v) is 16.6. The molecule has 2 N–H and O–H groups in total. The minimum atomic E-state index is -0.203. The third-order valence-electron chi connectivity index (χ3n) is 4.69. The number of thiophene rings is 1. The maximum absolute atomic E-state index is 12.3. The number of Topliss-reactive ketones (excluding diaryl/α,β-unsaturated/α-hetero) is 1. The molecule has 0 bridgehead atoms. The van der Waals surface area contributed by atoms with Gasteiger partial charge >= 0.3 is 6.03 Å². The highest BCUT2D eigenvalue weighted by molar-refractivity contribution is 7.12. The number of hydrogen-bond donors (Lipinski definition) is 2. The first kappa shape index (κ1) is 20.1. The minimum absolute atomic E-state index is 0.0169. The van der Waals surface area contributed by atoms with E-state index >= 15 is 0 Å². The molecule has 0 radical (unpaired) electrons. The highest BCUT2D eigenvalue weighted by atomic mass is 32.1. The molecule has 1 aromatic carbocycles. The number of anilines is 2. The molecule has 0 unspecified atom stereocenters. The van der Waals surface area contributed by atoms with Gasteiger partial charge in [-0.1, -0.05) is 18.9 Å². The van der Waals surface area contributed by atoms with E-state index in [0.717, 1.165) is 25.9 Å². The van der Waals surface area contributed by atoms with Crippen LogP contribution in [0.4, 0.5) is 16.2 Å². The first-order valence-corrected chi connectivity index (χ1v) is 10.5. The minimum Gasteiger partial charge on any atom is -0.326 e. The van der Waals surface area contributed by atoms with Crippen LogP contribution in [0, 0.1) is 0 Å². The van der Waals surface area contributed by atoms with E-state index in [2.05, 4.69) is 10.6 Å². The Balaban J connectivity index is 1.45. The van der Waals surface area contributed by atoms with Crippen LogP contribution in [0.25, 0.3) is 0 Å². The van der Waals surface area contributed by atoms with Crippen molar-refractivity contribution in [3.8, 4) is 0 Å². The number of ketones is 1. The standard InChI is InChI=1S/C21H25N3O3S/c25-18(19-6-5-15-28-19)11-12-20(26)22-16-7-9-17(10-8-16)23-21(27)24-13-3-1-2-4-14-24/h5-10,15H,1-4,11-14H2,(H,22,26)(H,23,27). The third kappa shape index (κ3) is 5.92. The van der Waals surface area contributed by atoms with Crippen LogP contribution >= 0.6 is 11.3 Å². The second-order valence-corrected chi connectivity index (χ2v) is 7.81. The van der Waals surface area contributed by atoms with Gasteiger partial charge in [-0.05, 0) is 48.6 Å². The largest absolute Gasteiger partial charge is 0.326 e. The first-order valence-electron chi connectivity index (χ1n) is 9.64. The van der Waals surface area contributed by atoms with Crippen LogP contribution in [0.15, 0.2) is 41.8 Å². The molecule has 1 aliphatic heterocycles. The molecule has 1 aromatic heterocycles. The van der Waals surface area contributed by atoms with E-state index < -0.39 is 0 Å². The number of hydrogen-bond acceptors (Lipinski definition) is 4. The molecule has 0 saturated carbocycles. The summed E-state index contributed by atoms with van der Waals surface area (Å²) in [6.07, 6.45) is 4.79. The summed E-state index contributed by atoms with van der Waals surface area (Å²) in [5.74, 6) is -0.219. The number of nitrogens with zero attached hydrogens (tertiary/aromatic N) is 1. The van der Waals surface area contributed by atoms with Gasteiger partial charge < -0.3 is 15.5 Å². The average Bonchev–Trinajstić information content (AvgIpc) is 3.10. The van der Waals surface area contributed by atoms with Crippen LogP contribution < -0.4 is 10.6 Å². The van der Waals surface area contributed by atoms with Crippen LogP contribution in [-0.2, 0) is 4.79 Å². The number of carbonyl (C=O) groups excluding carboxylic acids is 3. The van der Waals surface area contributed by atoms with E-state index in [9.17, 15) is 14.4 Å². The van der Waals surface area contributed by atoms with Gasteiger partial charge in [-0.2, -0.15) is 0 Å². The lowest BCUT2D eigenvalue weighted by atomic mass is 10.2. The molecule has 7 heteroatoms. The average molecular weight is 400 g/mol. The fourth-order valence-corrected chi connectivity index (χ4v) is 3.82. The molecule has 0 aliphatic carbocycles. The molecular formula is C21H25N3O3S. The number of urea groups is 1. The van der Waals surface area contributed by atoms with E-state index in [1.165, 1.54) is 24.2 Å². The van der Waals surface area contributed by atoms with Gasteiger partial charge in [0.15, 0.2) is 5.78 Å². The molecule has 2 heterocycles. The number of benzene rings is 1. The van der Waals surface area contributed by atoms with E-state index in [1.54, 1.807) is 30.3 Å².